The second-order valence-electron chi connectivity index (χ2n) is 9.41. The smallest absolute Gasteiger partial charge is 0.259 e. The maximum Gasteiger partial charge on any atom is 0.259 e. The number of aryl methyl sites for hydroxylation is 2. The first-order chi connectivity index (χ1) is 15.1. The van der Waals surface area contributed by atoms with Crippen LogP contribution in [0.5, 0.6) is 0 Å². The van der Waals surface area contributed by atoms with Gasteiger partial charge in [0.15, 0.2) is 0 Å². The SMILES string of the molecule is Cc1noc(C)c1C(=O)N1CCN(c2ccc3c(c2)CCN(C2CCCC2)CC3)CC1. The first-order valence-corrected chi connectivity index (χ1v) is 11.9. The highest BCUT2D eigenvalue weighted by molar-refractivity contribution is 5.96. The summed E-state index contributed by atoms with van der Waals surface area (Å²) in [5.41, 5.74) is 5.66. The molecule has 1 saturated carbocycles. The summed E-state index contributed by atoms with van der Waals surface area (Å²) in [6.07, 6.45) is 7.92. The zero-order valence-corrected chi connectivity index (χ0v) is 18.9. The zero-order chi connectivity index (χ0) is 21.4. The van der Waals surface area contributed by atoms with Crippen molar-refractivity contribution in [3.63, 3.8) is 0 Å². The van der Waals surface area contributed by atoms with Gasteiger partial charge in [0.1, 0.15) is 11.3 Å². The number of carbonyl (C=O) groups excluding carboxylic acids is 1. The van der Waals surface area contributed by atoms with Crippen molar-refractivity contribution in [1.29, 1.82) is 0 Å². The van der Waals surface area contributed by atoms with Crippen LogP contribution in [0, 0.1) is 13.8 Å². The number of carbonyl (C=O) groups is 1. The molecule has 0 spiro atoms. The molecule has 31 heavy (non-hydrogen) atoms. The molecule has 1 aliphatic carbocycles. The summed E-state index contributed by atoms with van der Waals surface area (Å²) >= 11 is 0. The molecule has 3 heterocycles. The van der Waals surface area contributed by atoms with Crippen LogP contribution >= 0.6 is 0 Å². The molecule has 1 saturated heterocycles. The molecule has 5 rings (SSSR count). The van der Waals surface area contributed by atoms with Gasteiger partial charge in [0.25, 0.3) is 5.91 Å². The molecule has 1 amide bonds. The van der Waals surface area contributed by atoms with Crippen LogP contribution < -0.4 is 4.90 Å². The number of nitrogens with zero attached hydrogens (tertiary/aromatic N) is 4. The number of rotatable bonds is 3. The molecule has 2 aromatic rings. The molecule has 1 aromatic heterocycles. The van der Waals surface area contributed by atoms with E-state index in [4.69, 9.17) is 4.52 Å². The number of amides is 1. The Balaban J connectivity index is 1.22. The standard InChI is InChI=1S/C25H34N4O2/c1-18-24(19(2)31-26-18)25(30)29-15-13-28(14-16-29)23-8-7-20-9-11-27(12-10-21(20)17-23)22-5-3-4-6-22/h7-8,17,22H,3-6,9-16H2,1-2H3. The van der Waals surface area contributed by atoms with E-state index in [2.05, 4.69) is 33.2 Å². The largest absolute Gasteiger partial charge is 0.368 e. The van der Waals surface area contributed by atoms with Gasteiger partial charge in [0, 0.05) is 51.0 Å². The van der Waals surface area contributed by atoms with Crippen molar-refractivity contribution >= 4 is 11.6 Å². The van der Waals surface area contributed by atoms with E-state index in [9.17, 15) is 4.79 Å². The van der Waals surface area contributed by atoms with Gasteiger partial charge in [-0.3, -0.25) is 9.69 Å². The fourth-order valence-electron chi connectivity index (χ4n) is 5.67. The van der Waals surface area contributed by atoms with Gasteiger partial charge in [-0.05, 0) is 62.8 Å². The minimum Gasteiger partial charge on any atom is -0.368 e. The average molecular weight is 423 g/mol. The molecule has 0 radical (unpaired) electrons. The summed E-state index contributed by atoms with van der Waals surface area (Å²) in [4.78, 5) is 20.0. The minimum atomic E-state index is 0.0461. The first kappa shape index (κ1) is 20.6. The zero-order valence-electron chi connectivity index (χ0n) is 18.9. The topological polar surface area (TPSA) is 52.8 Å². The molecular formula is C25H34N4O2. The van der Waals surface area contributed by atoms with Gasteiger partial charge in [-0.15, -0.1) is 0 Å². The Morgan fingerprint density at radius 2 is 1.68 bits per heavy atom. The summed E-state index contributed by atoms with van der Waals surface area (Å²) in [6, 6.07) is 7.87. The van der Waals surface area contributed by atoms with Crippen LogP contribution in [0.25, 0.3) is 0 Å². The lowest BCUT2D eigenvalue weighted by Gasteiger charge is -2.36. The fourth-order valence-corrected chi connectivity index (χ4v) is 5.67. The molecule has 0 unspecified atom stereocenters. The average Bonchev–Trinajstić information content (AvgIpc) is 3.38. The Morgan fingerprint density at radius 1 is 0.968 bits per heavy atom. The quantitative estimate of drug-likeness (QED) is 0.757. The Bertz CT molecular complexity index is 919. The third-order valence-electron chi connectivity index (χ3n) is 7.55. The van der Waals surface area contributed by atoms with Crippen molar-refractivity contribution in [1.82, 2.24) is 15.0 Å². The molecular weight excluding hydrogens is 388 g/mol. The van der Waals surface area contributed by atoms with Crippen LogP contribution in [-0.4, -0.2) is 66.2 Å². The van der Waals surface area contributed by atoms with E-state index < -0.39 is 0 Å². The Labute approximate surface area is 185 Å². The summed E-state index contributed by atoms with van der Waals surface area (Å²) in [5, 5.41) is 3.94. The second-order valence-corrected chi connectivity index (χ2v) is 9.41. The van der Waals surface area contributed by atoms with Crippen molar-refractivity contribution in [2.75, 3.05) is 44.2 Å². The third kappa shape index (κ3) is 4.10. The van der Waals surface area contributed by atoms with Gasteiger partial charge in [-0.25, -0.2) is 0 Å². The van der Waals surface area contributed by atoms with Crippen LogP contribution in [0.4, 0.5) is 5.69 Å². The predicted octanol–water partition coefficient (Wildman–Crippen LogP) is 3.60. The van der Waals surface area contributed by atoms with Crippen molar-refractivity contribution in [3.05, 3.63) is 46.3 Å². The van der Waals surface area contributed by atoms with Crippen LogP contribution in [0.3, 0.4) is 0 Å². The van der Waals surface area contributed by atoms with Gasteiger partial charge in [-0.2, -0.15) is 0 Å². The molecule has 0 N–H and O–H groups in total. The van der Waals surface area contributed by atoms with Crippen molar-refractivity contribution < 1.29 is 9.32 Å². The van der Waals surface area contributed by atoms with Crippen LogP contribution in [0.15, 0.2) is 22.7 Å². The van der Waals surface area contributed by atoms with Crippen LogP contribution in [0.1, 0.15) is 58.6 Å². The number of anilines is 1. The van der Waals surface area contributed by atoms with Crippen molar-refractivity contribution in [3.8, 4) is 0 Å². The third-order valence-corrected chi connectivity index (χ3v) is 7.55. The molecule has 166 valence electrons. The highest BCUT2D eigenvalue weighted by Crippen LogP contribution is 2.28. The summed E-state index contributed by atoms with van der Waals surface area (Å²) < 4.78 is 5.19. The van der Waals surface area contributed by atoms with E-state index in [1.807, 2.05) is 18.7 Å². The number of hydrogen-bond acceptors (Lipinski definition) is 5. The molecule has 2 fully saturated rings. The van der Waals surface area contributed by atoms with Gasteiger partial charge in [0.05, 0.1) is 5.69 Å². The van der Waals surface area contributed by atoms with Crippen molar-refractivity contribution in [2.24, 2.45) is 0 Å². The summed E-state index contributed by atoms with van der Waals surface area (Å²) in [7, 11) is 0. The normalized spacial score (nSPS) is 20.7. The second kappa shape index (κ2) is 8.65. The minimum absolute atomic E-state index is 0.0461. The lowest BCUT2D eigenvalue weighted by atomic mass is 10.0. The number of fused-ring (bicyclic) bond motifs is 1. The fraction of sp³-hybridized carbons (Fsp3) is 0.600. The van der Waals surface area contributed by atoms with E-state index >= 15 is 0 Å². The molecule has 0 atom stereocenters. The van der Waals surface area contributed by atoms with Crippen molar-refractivity contribution in [2.45, 2.75) is 58.4 Å². The van der Waals surface area contributed by atoms with E-state index in [1.165, 1.54) is 62.0 Å². The van der Waals surface area contributed by atoms with Gasteiger partial charge < -0.3 is 14.3 Å². The highest BCUT2D eigenvalue weighted by atomic mass is 16.5. The first-order valence-electron chi connectivity index (χ1n) is 11.9. The maximum atomic E-state index is 12.9. The number of aromatic nitrogens is 1. The molecule has 2 aliphatic heterocycles. The molecule has 0 bridgehead atoms. The Hall–Kier alpha value is -2.34. The molecule has 6 heteroatoms. The number of piperazine rings is 1. The van der Waals surface area contributed by atoms with Gasteiger partial charge in [0.2, 0.25) is 0 Å². The summed E-state index contributed by atoms with van der Waals surface area (Å²) in [6.45, 7) is 9.24. The molecule has 6 nitrogen and oxygen atoms in total. The number of hydrogen-bond donors (Lipinski definition) is 0. The highest BCUT2D eigenvalue weighted by Gasteiger charge is 2.28. The van der Waals surface area contributed by atoms with E-state index in [0.717, 1.165) is 38.6 Å². The Kier molecular flexibility index (Phi) is 5.74. The Morgan fingerprint density at radius 3 is 2.35 bits per heavy atom. The van der Waals surface area contributed by atoms with Gasteiger partial charge in [-0.1, -0.05) is 24.1 Å². The van der Waals surface area contributed by atoms with E-state index in [1.54, 1.807) is 0 Å². The maximum absolute atomic E-state index is 12.9. The van der Waals surface area contributed by atoms with Crippen LogP contribution in [0.2, 0.25) is 0 Å². The summed E-state index contributed by atoms with van der Waals surface area (Å²) in [5.74, 6) is 0.659. The number of benzene rings is 1. The molecule has 3 aliphatic rings. The van der Waals surface area contributed by atoms with Crippen LogP contribution in [-0.2, 0) is 12.8 Å². The van der Waals surface area contributed by atoms with E-state index in [0.29, 0.717) is 17.0 Å². The van der Waals surface area contributed by atoms with E-state index in [-0.39, 0.29) is 5.91 Å². The lowest BCUT2D eigenvalue weighted by molar-refractivity contribution is 0.0744. The molecule has 1 aromatic carbocycles. The van der Waals surface area contributed by atoms with Gasteiger partial charge >= 0.3 is 0 Å². The lowest BCUT2D eigenvalue weighted by Crippen LogP contribution is -2.49. The predicted molar refractivity (Wildman–Crippen MR) is 122 cm³/mol. The monoisotopic (exact) mass is 422 g/mol.